The Morgan fingerprint density at radius 1 is 0.750 bits per heavy atom. The van der Waals surface area contributed by atoms with Gasteiger partial charge in [0.1, 0.15) is 0 Å². The fourth-order valence-electron chi connectivity index (χ4n) is 1.31. The molecule has 0 aromatic heterocycles. The van der Waals surface area contributed by atoms with E-state index in [1.54, 1.807) is 0 Å². The summed E-state index contributed by atoms with van der Waals surface area (Å²) in [6, 6.07) is 0. The minimum Gasteiger partial charge on any atom is -1.00 e. The maximum Gasteiger partial charge on any atom is -1.00 e. The topological polar surface area (TPSA) is 0 Å². The molecule has 0 unspecified atom stereocenters. The first-order valence-corrected chi connectivity index (χ1v) is 7.31. The average Bonchev–Trinajstić information content (AvgIpc) is 2.03. The first-order valence-electron chi connectivity index (χ1n) is 5.21. The monoisotopic (exact) mass is 240 g/mol. The molecule has 12 heavy (non-hydrogen) atoms. The Hall–Kier alpha value is 0.913. The van der Waals surface area contributed by atoms with Crippen molar-refractivity contribution in [3.8, 4) is 0 Å². The third kappa shape index (κ3) is 13.5. The molecule has 0 nitrogen and oxygen atoms in total. The van der Waals surface area contributed by atoms with E-state index in [-0.39, 0.29) is 12.4 Å². The van der Waals surface area contributed by atoms with Gasteiger partial charge in [-0.2, -0.15) is 0 Å². The van der Waals surface area contributed by atoms with Gasteiger partial charge in [0.15, 0.2) is 0 Å². The fraction of sp³-hybridized carbons (Fsp3) is 1.00. The predicted octanol–water partition coefficient (Wildman–Crippen LogP) is 1.10. The summed E-state index contributed by atoms with van der Waals surface area (Å²) in [6.45, 7) is 2.28. The number of unbranched alkanes of at least 4 members (excludes halogenated alkanes) is 7. The van der Waals surface area contributed by atoms with Crippen molar-refractivity contribution in [3.63, 3.8) is 0 Å². The summed E-state index contributed by atoms with van der Waals surface area (Å²) in [7, 11) is 0. The molecule has 0 saturated carbocycles. The van der Waals surface area contributed by atoms with Gasteiger partial charge < -0.3 is 12.4 Å². The molecule has 0 saturated heterocycles. The Kier molecular flexibility index (Phi) is 18.5. The summed E-state index contributed by atoms with van der Waals surface area (Å²) < 4.78 is 0. The van der Waals surface area contributed by atoms with Crippen molar-refractivity contribution in [1.29, 1.82) is 0 Å². The van der Waals surface area contributed by atoms with Crippen LogP contribution < -0.4 is 12.4 Å². The molecule has 0 spiro atoms. The first-order chi connectivity index (χ1) is 5.41. The van der Waals surface area contributed by atoms with E-state index in [0.29, 0.717) is 0 Å². The van der Waals surface area contributed by atoms with E-state index in [4.69, 9.17) is 0 Å². The molecule has 0 heterocycles. The van der Waals surface area contributed by atoms with Crippen LogP contribution in [0.2, 0.25) is 5.02 Å². The van der Waals surface area contributed by atoms with Crippen LogP contribution in [-0.2, 0) is 18.3 Å². The molecule has 0 N–H and O–H groups in total. The maximum absolute atomic E-state index is 2.28. The largest absolute Gasteiger partial charge is 1.00 e. The molecular weight excluding hydrogens is 221 g/mol. The molecular formula is C10H21ClZn. The summed E-state index contributed by atoms with van der Waals surface area (Å²) in [5.41, 5.74) is 0. The minimum absolute atomic E-state index is 0. The SMILES string of the molecule is CCCCCCCCC[CH2][Zn+].[Cl-]. The third-order valence-electron chi connectivity index (χ3n) is 2.10. The second-order valence-corrected chi connectivity index (χ2v) is 4.81. The van der Waals surface area contributed by atoms with Gasteiger partial charge in [-0.05, 0) is 0 Å². The molecule has 0 aliphatic heterocycles. The molecule has 0 aliphatic carbocycles. The summed E-state index contributed by atoms with van der Waals surface area (Å²) in [5, 5.41) is 1.50. The Bertz CT molecular complexity index is 58.9. The summed E-state index contributed by atoms with van der Waals surface area (Å²) in [5.74, 6) is 0. The zero-order valence-corrected chi connectivity index (χ0v) is 12.2. The van der Waals surface area contributed by atoms with E-state index in [0.717, 1.165) is 0 Å². The molecule has 0 atom stereocenters. The van der Waals surface area contributed by atoms with Crippen molar-refractivity contribution >= 4 is 0 Å². The van der Waals surface area contributed by atoms with Gasteiger partial charge in [-0.15, -0.1) is 0 Å². The Balaban J connectivity index is 0. The van der Waals surface area contributed by atoms with Gasteiger partial charge in [0.05, 0.1) is 0 Å². The van der Waals surface area contributed by atoms with Gasteiger partial charge in [-0.1, -0.05) is 0 Å². The zero-order valence-electron chi connectivity index (χ0n) is 8.45. The number of halogens is 1. The van der Waals surface area contributed by atoms with Crippen LogP contribution in [-0.4, -0.2) is 0 Å². The predicted molar refractivity (Wildman–Crippen MR) is 47.4 cm³/mol. The van der Waals surface area contributed by atoms with E-state index in [1.807, 2.05) is 0 Å². The molecule has 2 heteroatoms. The summed E-state index contributed by atoms with van der Waals surface area (Å²) in [4.78, 5) is 0. The number of rotatable bonds is 8. The van der Waals surface area contributed by atoms with Gasteiger partial charge in [-0.3, -0.25) is 0 Å². The minimum atomic E-state index is 0. The second kappa shape index (κ2) is 14.4. The van der Waals surface area contributed by atoms with Crippen LogP contribution in [0.1, 0.15) is 58.3 Å². The second-order valence-electron chi connectivity index (χ2n) is 3.33. The van der Waals surface area contributed by atoms with Crippen molar-refractivity contribution < 1.29 is 30.7 Å². The Morgan fingerprint density at radius 3 is 1.58 bits per heavy atom. The molecule has 0 amide bonds. The van der Waals surface area contributed by atoms with Crippen LogP contribution in [0, 0.1) is 0 Å². The molecule has 0 aromatic carbocycles. The Morgan fingerprint density at radius 2 is 1.17 bits per heavy atom. The van der Waals surface area contributed by atoms with Gasteiger partial charge in [0, 0.05) is 0 Å². The first kappa shape index (κ1) is 15.4. The average molecular weight is 242 g/mol. The van der Waals surface area contributed by atoms with Crippen LogP contribution in [0.4, 0.5) is 0 Å². The van der Waals surface area contributed by atoms with Crippen LogP contribution in [0.25, 0.3) is 0 Å². The van der Waals surface area contributed by atoms with Gasteiger partial charge >= 0.3 is 81.6 Å². The van der Waals surface area contributed by atoms with Gasteiger partial charge in [0.2, 0.25) is 0 Å². The fourth-order valence-corrected chi connectivity index (χ4v) is 2.05. The summed E-state index contributed by atoms with van der Waals surface area (Å²) >= 11 is 1.50. The van der Waals surface area contributed by atoms with Crippen molar-refractivity contribution in [3.05, 3.63) is 0 Å². The van der Waals surface area contributed by atoms with Gasteiger partial charge in [0.25, 0.3) is 0 Å². The smallest absolute Gasteiger partial charge is 1.00 e. The van der Waals surface area contributed by atoms with Crippen molar-refractivity contribution in [1.82, 2.24) is 0 Å². The standard InChI is InChI=1S/C10H21.ClH.Zn/c1-3-5-7-9-10-8-6-4-2;;/h1,3-10H2,2H3;1H;/q;;+1/p-1. The van der Waals surface area contributed by atoms with Crippen LogP contribution in [0.3, 0.4) is 0 Å². The molecule has 70 valence electrons. The van der Waals surface area contributed by atoms with E-state index in [1.165, 1.54) is 74.7 Å². The van der Waals surface area contributed by atoms with E-state index >= 15 is 0 Å². The molecule has 0 aliphatic rings. The van der Waals surface area contributed by atoms with E-state index < -0.39 is 0 Å². The van der Waals surface area contributed by atoms with Crippen molar-refractivity contribution in [2.45, 2.75) is 63.3 Å². The van der Waals surface area contributed by atoms with Crippen LogP contribution in [0.15, 0.2) is 0 Å². The number of hydrogen-bond acceptors (Lipinski definition) is 0. The van der Waals surface area contributed by atoms with E-state index in [2.05, 4.69) is 6.92 Å². The van der Waals surface area contributed by atoms with Crippen LogP contribution in [0.5, 0.6) is 0 Å². The van der Waals surface area contributed by atoms with Crippen molar-refractivity contribution in [2.75, 3.05) is 0 Å². The molecule has 0 rings (SSSR count). The zero-order chi connectivity index (χ0) is 8.36. The van der Waals surface area contributed by atoms with Gasteiger partial charge in [-0.25, -0.2) is 0 Å². The van der Waals surface area contributed by atoms with Crippen molar-refractivity contribution in [2.24, 2.45) is 0 Å². The van der Waals surface area contributed by atoms with Crippen LogP contribution >= 0.6 is 0 Å². The normalized spacial score (nSPS) is 9.58. The summed E-state index contributed by atoms with van der Waals surface area (Å²) in [6.07, 6.45) is 11.7. The number of hydrogen-bond donors (Lipinski definition) is 0. The molecule has 0 fully saturated rings. The maximum atomic E-state index is 2.28. The molecule has 0 aromatic rings. The quantitative estimate of drug-likeness (QED) is 0.441. The van der Waals surface area contributed by atoms with E-state index in [9.17, 15) is 0 Å². The Labute approximate surface area is 94.0 Å². The molecule has 0 radical (unpaired) electrons. The third-order valence-corrected chi connectivity index (χ3v) is 3.15. The molecule has 0 bridgehead atoms.